The van der Waals surface area contributed by atoms with E-state index in [4.69, 9.17) is 9.16 Å². The molecule has 29 heavy (non-hydrogen) atoms. The standard InChI is InChI=1S/C24H46O4Si/c1-10-11-12-13-14-15-16-17-21(28-29(8,9)24(5,6)7)18-20(25)19-22(26)27-23(2,3)4/h14-17,20-21,25H,10-13,18-19H2,1-9H3/b15-14+,17-16+/t20-,21-/m0/s1. The largest absolute Gasteiger partial charge is 0.460 e. The molecule has 0 rings (SSSR count). The summed E-state index contributed by atoms with van der Waals surface area (Å²) in [5, 5.41) is 10.5. The summed E-state index contributed by atoms with van der Waals surface area (Å²) < 4.78 is 11.8. The minimum atomic E-state index is -2.00. The van der Waals surface area contributed by atoms with Gasteiger partial charge in [0.15, 0.2) is 8.32 Å². The van der Waals surface area contributed by atoms with Crippen LogP contribution in [0.2, 0.25) is 18.1 Å². The van der Waals surface area contributed by atoms with E-state index >= 15 is 0 Å². The second-order valence-corrected chi connectivity index (χ2v) is 15.2. The van der Waals surface area contributed by atoms with E-state index in [-0.39, 0.29) is 23.5 Å². The predicted octanol–water partition coefficient (Wildman–Crippen LogP) is 6.55. The summed E-state index contributed by atoms with van der Waals surface area (Å²) in [6, 6.07) is 0. The molecule has 1 N–H and O–H groups in total. The molecular weight excluding hydrogens is 380 g/mol. The summed E-state index contributed by atoms with van der Waals surface area (Å²) in [4.78, 5) is 12.0. The number of aliphatic hydroxyl groups excluding tert-OH is 1. The number of aliphatic hydroxyl groups is 1. The Balaban J connectivity index is 5.01. The van der Waals surface area contributed by atoms with E-state index in [0.717, 1.165) is 6.42 Å². The third-order valence-electron chi connectivity index (χ3n) is 5.13. The Kier molecular flexibility index (Phi) is 12.3. The second-order valence-electron chi connectivity index (χ2n) is 10.4. The van der Waals surface area contributed by atoms with Gasteiger partial charge in [0, 0.05) is 6.42 Å². The van der Waals surface area contributed by atoms with Crippen LogP contribution in [0.15, 0.2) is 24.3 Å². The SMILES string of the molecule is CCCCC/C=C/C=C/[C@@H](C[C@H](O)CC(=O)OC(C)(C)C)O[Si](C)(C)C(C)(C)C. The van der Waals surface area contributed by atoms with E-state index in [1.54, 1.807) is 0 Å². The molecular formula is C24H46O4Si. The van der Waals surface area contributed by atoms with Crippen molar-refractivity contribution in [1.82, 2.24) is 0 Å². The third kappa shape index (κ3) is 13.8. The van der Waals surface area contributed by atoms with Gasteiger partial charge in [-0.3, -0.25) is 4.79 Å². The van der Waals surface area contributed by atoms with Crippen LogP contribution in [0.5, 0.6) is 0 Å². The molecule has 0 saturated carbocycles. The summed E-state index contributed by atoms with van der Waals surface area (Å²) in [7, 11) is -2.00. The summed E-state index contributed by atoms with van der Waals surface area (Å²) >= 11 is 0. The highest BCUT2D eigenvalue weighted by molar-refractivity contribution is 6.74. The maximum Gasteiger partial charge on any atom is 0.308 e. The Hall–Kier alpha value is -0.913. The van der Waals surface area contributed by atoms with Gasteiger partial charge in [0.2, 0.25) is 0 Å². The Bertz CT molecular complexity index is 524. The van der Waals surface area contributed by atoms with Crippen molar-refractivity contribution in [1.29, 1.82) is 0 Å². The molecule has 0 aromatic heterocycles. The monoisotopic (exact) mass is 426 g/mol. The van der Waals surface area contributed by atoms with Crippen molar-refractivity contribution in [3.05, 3.63) is 24.3 Å². The lowest BCUT2D eigenvalue weighted by molar-refractivity contribution is -0.157. The van der Waals surface area contributed by atoms with Gasteiger partial charge in [-0.15, -0.1) is 0 Å². The van der Waals surface area contributed by atoms with Crippen molar-refractivity contribution in [3.8, 4) is 0 Å². The van der Waals surface area contributed by atoms with Gasteiger partial charge in [0.1, 0.15) is 5.60 Å². The van der Waals surface area contributed by atoms with Crippen molar-refractivity contribution in [3.63, 3.8) is 0 Å². The Morgan fingerprint density at radius 1 is 1.07 bits per heavy atom. The molecule has 0 fully saturated rings. The molecule has 4 nitrogen and oxygen atoms in total. The van der Waals surface area contributed by atoms with E-state index in [9.17, 15) is 9.90 Å². The topological polar surface area (TPSA) is 55.8 Å². The molecule has 0 saturated heterocycles. The molecule has 0 spiro atoms. The van der Waals surface area contributed by atoms with Crippen molar-refractivity contribution < 1.29 is 19.1 Å². The molecule has 0 aromatic carbocycles. The van der Waals surface area contributed by atoms with Crippen molar-refractivity contribution in [2.24, 2.45) is 0 Å². The van der Waals surface area contributed by atoms with E-state index in [0.29, 0.717) is 6.42 Å². The van der Waals surface area contributed by atoms with Crippen molar-refractivity contribution in [2.45, 2.75) is 123 Å². The number of carbonyl (C=O) groups is 1. The molecule has 0 aliphatic heterocycles. The number of unbranched alkanes of at least 4 members (excludes halogenated alkanes) is 3. The molecule has 0 radical (unpaired) electrons. The highest BCUT2D eigenvalue weighted by Crippen LogP contribution is 2.38. The zero-order chi connectivity index (χ0) is 22.7. The normalized spacial score (nSPS) is 15.8. The average Bonchev–Trinajstić information content (AvgIpc) is 2.50. The number of carbonyl (C=O) groups excluding carboxylic acids is 1. The van der Waals surface area contributed by atoms with Crippen LogP contribution in [0.3, 0.4) is 0 Å². The van der Waals surface area contributed by atoms with Crippen LogP contribution in [0, 0.1) is 0 Å². The van der Waals surface area contributed by atoms with Gasteiger partial charge in [-0.2, -0.15) is 0 Å². The van der Waals surface area contributed by atoms with E-state index in [1.807, 2.05) is 32.9 Å². The Labute approximate surface area is 180 Å². The third-order valence-corrected chi connectivity index (χ3v) is 9.63. The number of allylic oxidation sites excluding steroid dienone is 3. The van der Waals surface area contributed by atoms with Gasteiger partial charge >= 0.3 is 5.97 Å². The van der Waals surface area contributed by atoms with Gasteiger partial charge in [-0.25, -0.2) is 0 Å². The zero-order valence-electron chi connectivity index (χ0n) is 20.4. The number of rotatable bonds is 12. The highest BCUT2D eigenvalue weighted by atomic mass is 28.4. The van der Waals surface area contributed by atoms with Gasteiger partial charge in [-0.05, 0) is 51.7 Å². The highest BCUT2D eigenvalue weighted by Gasteiger charge is 2.39. The van der Waals surface area contributed by atoms with Crippen LogP contribution in [0.4, 0.5) is 0 Å². The van der Waals surface area contributed by atoms with E-state index in [1.165, 1.54) is 19.3 Å². The first-order valence-corrected chi connectivity index (χ1v) is 14.0. The molecule has 0 aliphatic carbocycles. The zero-order valence-corrected chi connectivity index (χ0v) is 21.4. The number of ether oxygens (including phenoxy) is 1. The van der Waals surface area contributed by atoms with Crippen molar-refractivity contribution >= 4 is 14.3 Å². The molecule has 0 aliphatic rings. The van der Waals surface area contributed by atoms with Crippen LogP contribution >= 0.6 is 0 Å². The van der Waals surface area contributed by atoms with E-state index < -0.39 is 20.0 Å². The first-order valence-electron chi connectivity index (χ1n) is 11.1. The summed E-state index contributed by atoms with van der Waals surface area (Å²) in [6.07, 6.45) is 12.3. The van der Waals surface area contributed by atoms with Crippen LogP contribution in [-0.2, 0) is 14.0 Å². The van der Waals surface area contributed by atoms with Gasteiger partial charge in [-0.1, -0.05) is 64.8 Å². The minimum Gasteiger partial charge on any atom is -0.460 e. The van der Waals surface area contributed by atoms with E-state index in [2.05, 4.69) is 52.9 Å². The molecule has 0 unspecified atom stereocenters. The minimum absolute atomic E-state index is 0.0185. The number of esters is 1. The Morgan fingerprint density at radius 2 is 1.69 bits per heavy atom. The molecule has 0 bridgehead atoms. The molecule has 0 heterocycles. The number of hydrogen-bond donors (Lipinski definition) is 1. The number of hydrogen-bond acceptors (Lipinski definition) is 4. The fraction of sp³-hybridized carbons (Fsp3) is 0.792. The van der Waals surface area contributed by atoms with Crippen LogP contribution < -0.4 is 0 Å². The Morgan fingerprint density at radius 3 is 2.21 bits per heavy atom. The lowest BCUT2D eigenvalue weighted by Crippen LogP contribution is -2.44. The van der Waals surface area contributed by atoms with Crippen LogP contribution in [0.25, 0.3) is 0 Å². The summed E-state index contributed by atoms with van der Waals surface area (Å²) in [5.41, 5.74) is -0.545. The van der Waals surface area contributed by atoms with Gasteiger partial charge in [0.25, 0.3) is 0 Å². The molecule has 0 amide bonds. The molecule has 5 heteroatoms. The maximum atomic E-state index is 12.0. The fourth-order valence-electron chi connectivity index (χ4n) is 2.52. The molecule has 0 aromatic rings. The quantitative estimate of drug-likeness (QED) is 0.166. The van der Waals surface area contributed by atoms with Crippen LogP contribution in [-0.4, -0.2) is 37.2 Å². The fourth-order valence-corrected chi connectivity index (χ4v) is 3.81. The average molecular weight is 427 g/mol. The lowest BCUT2D eigenvalue weighted by Gasteiger charge is -2.39. The van der Waals surface area contributed by atoms with Crippen LogP contribution in [0.1, 0.15) is 87.0 Å². The summed E-state index contributed by atoms with van der Waals surface area (Å²) in [5.74, 6) is -0.379. The lowest BCUT2D eigenvalue weighted by atomic mass is 10.1. The summed E-state index contributed by atoms with van der Waals surface area (Å²) in [6.45, 7) is 18.7. The maximum absolute atomic E-state index is 12.0. The van der Waals surface area contributed by atoms with Gasteiger partial charge in [0.05, 0.1) is 18.6 Å². The smallest absolute Gasteiger partial charge is 0.308 e. The predicted molar refractivity (Wildman–Crippen MR) is 126 cm³/mol. The second kappa shape index (κ2) is 12.7. The first-order chi connectivity index (χ1) is 13.2. The first kappa shape index (κ1) is 28.1. The molecule has 2 atom stereocenters. The van der Waals surface area contributed by atoms with Gasteiger partial charge < -0.3 is 14.3 Å². The van der Waals surface area contributed by atoms with Crippen molar-refractivity contribution in [2.75, 3.05) is 0 Å². The molecule has 170 valence electrons.